The van der Waals surface area contributed by atoms with Crippen LogP contribution in [-0.4, -0.2) is 9.78 Å². The van der Waals surface area contributed by atoms with Gasteiger partial charge in [-0.2, -0.15) is 5.10 Å². The minimum absolute atomic E-state index is 0.226. The monoisotopic (exact) mass is 433 g/mol. The third-order valence-corrected chi connectivity index (χ3v) is 5.06. The van der Waals surface area contributed by atoms with Crippen LogP contribution in [0.2, 0.25) is 15.1 Å². The molecular formula is C14H7BrCl3N3S. The van der Waals surface area contributed by atoms with Crippen LogP contribution < -0.4 is 4.80 Å². The van der Waals surface area contributed by atoms with Crippen molar-refractivity contribution in [2.75, 3.05) is 0 Å². The van der Waals surface area contributed by atoms with Crippen molar-refractivity contribution in [2.45, 2.75) is 0 Å². The molecule has 22 heavy (non-hydrogen) atoms. The van der Waals surface area contributed by atoms with E-state index < -0.39 is 0 Å². The van der Waals surface area contributed by atoms with Gasteiger partial charge in [0.05, 0.1) is 10.0 Å². The first kappa shape index (κ1) is 16.0. The van der Waals surface area contributed by atoms with Crippen molar-refractivity contribution in [2.24, 2.45) is 0 Å². The molecule has 112 valence electrons. The largest absolute Gasteiger partial charge is 0.273 e. The zero-order valence-electron chi connectivity index (χ0n) is 10.8. The average Bonchev–Trinajstić information content (AvgIpc) is 2.80. The Kier molecular flexibility index (Phi) is 4.61. The summed E-state index contributed by atoms with van der Waals surface area (Å²) < 4.78 is 2.40. The van der Waals surface area contributed by atoms with Gasteiger partial charge < -0.3 is 0 Å². The summed E-state index contributed by atoms with van der Waals surface area (Å²) in [7, 11) is 0. The molecular weight excluding hydrogens is 429 g/mol. The molecule has 0 unspecified atom stereocenters. The first-order valence-electron chi connectivity index (χ1n) is 6.01. The van der Waals surface area contributed by atoms with Gasteiger partial charge in [-0.3, -0.25) is 5.41 Å². The molecule has 3 aromatic rings. The van der Waals surface area contributed by atoms with Gasteiger partial charge in [-0.15, -0.1) is 0 Å². The Morgan fingerprint density at radius 1 is 1.05 bits per heavy atom. The van der Waals surface area contributed by atoms with E-state index in [0.29, 0.717) is 25.8 Å². The van der Waals surface area contributed by atoms with E-state index in [1.165, 1.54) is 16.0 Å². The van der Waals surface area contributed by atoms with Crippen molar-refractivity contribution in [3.63, 3.8) is 0 Å². The van der Waals surface area contributed by atoms with Crippen molar-refractivity contribution in [3.8, 4) is 16.3 Å². The lowest BCUT2D eigenvalue weighted by atomic mass is 10.2. The number of rotatable bonds is 2. The molecule has 0 radical (unpaired) electrons. The van der Waals surface area contributed by atoms with E-state index in [0.717, 1.165) is 10.0 Å². The lowest BCUT2D eigenvalue weighted by Crippen LogP contribution is -2.13. The second-order valence-electron chi connectivity index (χ2n) is 4.35. The molecule has 0 spiro atoms. The maximum atomic E-state index is 8.13. The maximum Gasteiger partial charge on any atom is 0.205 e. The molecule has 0 aliphatic heterocycles. The standard InChI is InChI=1S/C14H7BrCl3N3S/c15-8-3-1-7(2-4-8)13-20-21(14(19)22-13)12-10(17)5-9(16)6-11(12)18/h1-6,19H. The van der Waals surface area contributed by atoms with Gasteiger partial charge in [-0.05, 0) is 24.3 Å². The fraction of sp³-hybridized carbons (Fsp3) is 0. The van der Waals surface area contributed by atoms with Crippen LogP contribution >= 0.6 is 62.1 Å². The summed E-state index contributed by atoms with van der Waals surface area (Å²) >= 11 is 23.0. The molecule has 1 aromatic heterocycles. The van der Waals surface area contributed by atoms with Gasteiger partial charge in [0.1, 0.15) is 10.7 Å². The first-order chi connectivity index (χ1) is 10.5. The summed E-state index contributed by atoms with van der Waals surface area (Å²) in [5.74, 6) is 0. The molecule has 3 rings (SSSR count). The summed E-state index contributed by atoms with van der Waals surface area (Å²) in [5.41, 5.74) is 1.37. The molecule has 0 saturated heterocycles. The van der Waals surface area contributed by atoms with Crippen LogP contribution in [0.5, 0.6) is 0 Å². The Bertz CT molecular complexity index is 879. The van der Waals surface area contributed by atoms with Crippen LogP contribution in [-0.2, 0) is 0 Å². The Balaban J connectivity index is 2.15. The summed E-state index contributed by atoms with van der Waals surface area (Å²) in [6.45, 7) is 0. The van der Waals surface area contributed by atoms with Gasteiger partial charge in [0.25, 0.3) is 0 Å². The molecule has 0 bridgehead atoms. The van der Waals surface area contributed by atoms with Crippen LogP contribution in [0.1, 0.15) is 0 Å². The van der Waals surface area contributed by atoms with E-state index >= 15 is 0 Å². The topological polar surface area (TPSA) is 41.7 Å². The fourth-order valence-electron chi connectivity index (χ4n) is 1.89. The maximum absolute atomic E-state index is 8.13. The normalized spacial score (nSPS) is 10.9. The van der Waals surface area contributed by atoms with Crippen LogP contribution in [0.25, 0.3) is 16.3 Å². The number of aromatic nitrogens is 2. The quantitative estimate of drug-likeness (QED) is 0.543. The summed E-state index contributed by atoms with van der Waals surface area (Å²) in [6, 6.07) is 10.9. The van der Waals surface area contributed by atoms with Crippen LogP contribution in [0.4, 0.5) is 0 Å². The highest BCUT2D eigenvalue weighted by atomic mass is 79.9. The lowest BCUT2D eigenvalue weighted by molar-refractivity contribution is 0.825. The molecule has 0 aliphatic carbocycles. The van der Waals surface area contributed by atoms with Crippen LogP contribution in [0.15, 0.2) is 40.9 Å². The van der Waals surface area contributed by atoms with E-state index in [-0.39, 0.29) is 4.80 Å². The summed E-state index contributed by atoms with van der Waals surface area (Å²) in [4.78, 5) is 0.226. The Labute approximate surface area is 153 Å². The van der Waals surface area contributed by atoms with Crippen LogP contribution in [0, 0.1) is 5.41 Å². The van der Waals surface area contributed by atoms with Gasteiger partial charge in [-0.1, -0.05) is 74.2 Å². The van der Waals surface area contributed by atoms with E-state index in [1.54, 1.807) is 12.1 Å². The first-order valence-corrected chi connectivity index (χ1v) is 8.75. The minimum Gasteiger partial charge on any atom is -0.273 e. The Hall–Kier alpha value is -0.850. The van der Waals surface area contributed by atoms with E-state index in [4.69, 9.17) is 40.2 Å². The van der Waals surface area contributed by atoms with E-state index in [9.17, 15) is 0 Å². The number of nitrogens with one attached hydrogen (secondary N) is 1. The van der Waals surface area contributed by atoms with Gasteiger partial charge >= 0.3 is 0 Å². The van der Waals surface area contributed by atoms with Crippen molar-refractivity contribution in [1.82, 2.24) is 9.78 Å². The third kappa shape index (κ3) is 3.09. The molecule has 0 atom stereocenters. The highest BCUT2D eigenvalue weighted by Gasteiger charge is 2.15. The highest BCUT2D eigenvalue weighted by molar-refractivity contribution is 9.10. The van der Waals surface area contributed by atoms with Gasteiger partial charge in [-0.25, -0.2) is 4.68 Å². The SMILES string of the molecule is N=c1sc(-c2ccc(Br)cc2)nn1-c1c(Cl)cc(Cl)cc1Cl. The van der Waals surface area contributed by atoms with Crippen molar-refractivity contribution < 1.29 is 0 Å². The average molecular weight is 436 g/mol. The van der Waals surface area contributed by atoms with Gasteiger partial charge in [0.15, 0.2) is 0 Å². The summed E-state index contributed by atoms with van der Waals surface area (Å²) in [5, 5.41) is 14.4. The second-order valence-corrected chi connectivity index (χ2v) is 7.49. The zero-order valence-corrected chi connectivity index (χ0v) is 15.4. The Morgan fingerprint density at radius 2 is 1.64 bits per heavy atom. The predicted octanol–water partition coefficient (Wildman–Crippen LogP) is 5.80. The lowest BCUT2D eigenvalue weighted by Gasteiger charge is -2.07. The summed E-state index contributed by atoms with van der Waals surface area (Å²) in [6.07, 6.45) is 0. The van der Waals surface area contributed by atoms with Crippen LogP contribution in [0.3, 0.4) is 0 Å². The molecule has 0 fully saturated rings. The Morgan fingerprint density at radius 3 is 2.23 bits per heavy atom. The van der Waals surface area contributed by atoms with E-state index in [1.807, 2.05) is 24.3 Å². The minimum atomic E-state index is 0.226. The molecule has 3 nitrogen and oxygen atoms in total. The zero-order chi connectivity index (χ0) is 15.9. The number of hydrogen-bond donors (Lipinski definition) is 1. The number of benzene rings is 2. The molecule has 1 N–H and O–H groups in total. The second kappa shape index (κ2) is 6.34. The molecule has 8 heteroatoms. The van der Waals surface area contributed by atoms with E-state index in [2.05, 4.69) is 21.0 Å². The number of hydrogen-bond acceptors (Lipinski definition) is 3. The van der Waals surface area contributed by atoms with Gasteiger partial charge in [0, 0.05) is 15.1 Å². The van der Waals surface area contributed by atoms with Crippen molar-refractivity contribution in [3.05, 3.63) is 60.7 Å². The van der Waals surface area contributed by atoms with Gasteiger partial charge in [0.2, 0.25) is 4.80 Å². The molecule has 0 amide bonds. The number of halogens is 4. The molecule has 2 aromatic carbocycles. The number of nitrogens with zero attached hydrogens (tertiary/aromatic N) is 2. The van der Waals surface area contributed by atoms with Crippen molar-refractivity contribution >= 4 is 62.1 Å². The molecule has 0 aliphatic rings. The fourth-order valence-corrected chi connectivity index (χ4v) is 3.91. The highest BCUT2D eigenvalue weighted by Crippen LogP contribution is 2.32. The van der Waals surface area contributed by atoms with Crippen molar-refractivity contribution in [1.29, 1.82) is 5.41 Å². The predicted molar refractivity (Wildman–Crippen MR) is 95.5 cm³/mol. The third-order valence-electron chi connectivity index (χ3n) is 2.86. The molecule has 1 heterocycles. The smallest absolute Gasteiger partial charge is 0.205 e. The molecule has 0 saturated carbocycles.